The average molecular weight is 136 g/mol. The SMILES string of the molecule is C[C@@]1(C=O)CC2C=CC1C2. The lowest BCUT2D eigenvalue weighted by atomic mass is 9.79. The molecule has 2 bridgehead atoms. The topological polar surface area (TPSA) is 17.1 Å². The van der Waals surface area contributed by atoms with Gasteiger partial charge in [-0.2, -0.15) is 0 Å². The van der Waals surface area contributed by atoms with Crippen LogP contribution in [0.3, 0.4) is 0 Å². The lowest BCUT2D eigenvalue weighted by Crippen LogP contribution is -2.22. The van der Waals surface area contributed by atoms with Crippen LogP contribution in [0.25, 0.3) is 0 Å². The molecule has 0 aromatic heterocycles. The van der Waals surface area contributed by atoms with E-state index in [-0.39, 0.29) is 5.41 Å². The number of hydrogen-bond donors (Lipinski definition) is 0. The zero-order valence-electron chi connectivity index (χ0n) is 6.21. The van der Waals surface area contributed by atoms with Gasteiger partial charge in [0.1, 0.15) is 6.29 Å². The summed E-state index contributed by atoms with van der Waals surface area (Å²) in [7, 11) is 0. The molecule has 1 fully saturated rings. The van der Waals surface area contributed by atoms with E-state index in [9.17, 15) is 4.79 Å². The lowest BCUT2D eigenvalue weighted by Gasteiger charge is -2.23. The lowest BCUT2D eigenvalue weighted by molar-refractivity contribution is -0.116. The van der Waals surface area contributed by atoms with Gasteiger partial charge in [-0.1, -0.05) is 19.1 Å². The molecule has 1 nitrogen and oxygen atoms in total. The van der Waals surface area contributed by atoms with E-state index in [4.69, 9.17) is 0 Å². The van der Waals surface area contributed by atoms with E-state index in [2.05, 4.69) is 19.1 Å². The first kappa shape index (κ1) is 6.14. The van der Waals surface area contributed by atoms with Gasteiger partial charge in [-0.05, 0) is 24.7 Å². The highest BCUT2D eigenvalue weighted by atomic mass is 16.1. The molecule has 0 aromatic rings. The summed E-state index contributed by atoms with van der Waals surface area (Å²) >= 11 is 0. The maximum absolute atomic E-state index is 10.7. The zero-order valence-corrected chi connectivity index (χ0v) is 6.21. The summed E-state index contributed by atoms with van der Waals surface area (Å²) in [5.74, 6) is 1.26. The number of carbonyl (C=O) groups is 1. The molecule has 0 aromatic carbocycles. The highest BCUT2D eigenvalue weighted by Gasteiger charge is 2.44. The Morgan fingerprint density at radius 2 is 2.40 bits per heavy atom. The van der Waals surface area contributed by atoms with Gasteiger partial charge < -0.3 is 4.79 Å². The predicted molar refractivity (Wildman–Crippen MR) is 39.5 cm³/mol. The van der Waals surface area contributed by atoms with Crippen LogP contribution >= 0.6 is 0 Å². The van der Waals surface area contributed by atoms with Crippen molar-refractivity contribution >= 4 is 6.29 Å². The van der Waals surface area contributed by atoms with E-state index in [1.165, 1.54) is 6.42 Å². The number of hydrogen-bond acceptors (Lipinski definition) is 1. The molecule has 0 spiro atoms. The van der Waals surface area contributed by atoms with Crippen molar-refractivity contribution in [1.82, 2.24) is 0 Å². The molecule has 0 saturated heterocycles. The van der Waals surface area contributed by atoms with Crippen molar-refractivity contribution < 1.29 is 4.79 Å². The van der Waals surface area contributed by atoms with Gasteiger partial charge in [-0.3, -0.25) is 0 Å². The fourth-order valence-corrected chi connectivity index (χ4v) is 2.27. The minimum absolute atomic E-state index is 0.0145. The third-order valence-corrected chi connectivity index (χ3v) is 2.99. The van der Waals surface area contributed by atoms with E-state index < -0.39 is 0 Å². The Morgan fingerprint density at radius 3 is 2.70 bits per heavy atom. The van der Waals surface area contributed by atoms with Gasteiger partial charge in [-0.15, -0.1) is 0 Å². The molecule has 1 heteroatoms. The molecule has 2 rings (SSSR count). The van der Waals surface area contributed by atoms with E-state index in [1.807, 2.05) is 0 Å². The molecule has 0 aliphatic heterocycles. The van der Waals surface area contributed by atoms with Crippen molar-refractivity contribution in [3.63, 3.8) is 0 Å². The highest BCUT2D eigenvalue weighted by molar-refractivity contribution is 5.61. The van der Waals surface area contributed by atoms with Crippen LogP contribution in [0.2, 0.25) is 0 Å². The zero-order chi connectivity index (χ0) is 7.19. The van der Waals surface area contributed by atoms with Crippen LogP contribution in [-0.2, 0) is 4.79 Å². The Bertz CT molecular complexity index is 195. The average Bonchev–Trinajstić information content (AvgIpc) is 2.46. The number of aldehydes is 1. The van der Waals surface area contributed by atoms with Crippen molar-refractivity contribution in [1.29, 1.82) is 0 Å². The molecule has 3 atom stereocenters. The molecule has 10 heavy (non-hydrogen) atoms. The van der Waals surface area contributed by atoms with Crippen LogP contribution in [0.15, 0.2) is 12.2 Å². The molecule has 2 aliphatic carbocycles. The molecule has 0 amide bonds. The third kappa shape index (κ3) is 0.606. The van der Waals surface area contributed by atoms with Gasteiger partial charge in [-0.25, -0.2) is 0 Å². The Morgan fingerprint density at radius 1 is 1.60 bits per heavy atom. The van der Waals surface area contributed by atoms with Crippen molar-refractivity contribution in [3.05, 3.63) is 12.2 Å². The van der Waals surface area contributed by atoms with Crippen molar-refractivity contribution in [2.75, 3.05) is 0 Å². The normalized spacial score (nSPS) is 50.1. The molecular weight excluding hydrogens is 124 g/mol. The van der Waals surface area contributed by atoms with Crippen LogP contribution in [0.5, 0.6) is 0 Å². The summed E-state index contributed by atoms with van der Waals surface area (Å²) in [5, 5.41) is 0. The van der Waals surface area contributed by atoms with Crippen molar-refractivity contribution in [3.8, 4) is 0 Å². The second-order valence-electron chi connectivity index (χ2n) is 3.81. The summed E-state index contributed by atoms with van der Waals surface area (Å²) < 4.78 is 0. The number of fused-ring (bicyclic) bond motifs is 2. The number of rotatable bonds is 1. The standard InChI is InChI=1S/C9H12O/c1-9(6-10)5-7-2-3-8(9)4-7/h2-3,6-8H,4-5H2,1H3/t7?,8?,9-/m0/s1. The molecular formula is C9H12O. The molecule has 2 unspecified atom stereocenters. The first-order chi connectivity index (χ1) is 4.74. The summed E-state index contributed by atoms with van der Waals surface area (Å²) in [4.78, 5) is 10.7. The highest BCUT2D eigenvalue weighted by Crippen LogP contribution is 2.50. The Labute approximate surface area is 61.1 Å². The molecule has 0 radical (unpaired) electrons. The van der Waals surface area contributed by atoms with Crippen molar-refractivity contribution in [2.24, 2.45) is 17.3 Å². The van der Waals surface area contributed by atoms with Crippen LogP contribution in [0.4, 0.5) is 0 Å². The van der Waals surface area contributed by atoms with E-state index in [0.29, 0.717) is 11.8 Å². The largest absolute Gasteiger partial charge is 0.303 e. The molecule has 2 aliphatic rings. The number of allylic oxidation sites excluding steroid dienone is 2. The smallest absolute Gasteiger partial charge is 0.126 e. The van der Waals surface area contributed by atoms with E-state index in [0.717, 1.165) is 12.7 Å². The molecule has 0 N–H and O–H groups in total. The van der Waals surface area contributed by atoms with Gasteiger partial charge in [0.2, 0.25) is 0 Å². The summed E-state index contributed by atoms with van der Waals surface area (Å²) in [5.41, 5.74) is -0.0145. The first-order valence-corrected chi connectivity index (χ1v) is 3.89. The van der Waals surface area contributed by atoms with Crippen LogP contribution in [0.1, 0.15) is 19.8 Å². The number of carbonyl (C=O) groups excluding carboxylic acids is 1. The maximum atomic E-state index is 10.7. The second kappa shape index (κ2) is 1.71. The van der Waals surface area contributed by atoms with E-state index >= 15 is 0 Å². The van der Waals surface area contributed by atoms with Gasteiger partial charge in [0, 0.05) is 5.41 Å². The van der Waals surface area contributed by atoms with Crippen LogP contribution in [0, 0.1) is 17.3 Å². The summed E-state index contributed by atoms with van der Waals surface area (Å²) in [6, 6.07) is 0. The molecule has 0 heterocycles. The van der Waals surface area contributed by atoms with Crippen LogP contribution < -0.4 is 0 Å². The quantitative estimate of drug-likeness (QED) is 0.396. The Balaban J connectivity index is 2.30. The minimum atomic E-state index is -0.0145. The monoisotopic (exact) mass is 136 g/mol. The van der Waals surface area contributed by atoms with Crippen molar-refractivity contribution in [2.45, 2.75) is 19.8 Å². The Hall–Kier alpha value is -0.590. The minimum Gasteiger partial charge on any atom is -0.303 e. The van der Waals surface area contributed by atoms with Crippen LogP contribution in [-0.4, -0.2) is 6.29 Å². The summed E-state index contributed by atoms with van der Waals surface area (Å²) in [6.07, 6.45) is 7.91. The fraction of sp³-hybridized carbons (Fsp3) is 0.667. The predicted octanol–water partition coefficient (Wildman–Crippen LogP) is 1.79. The van der Waals surface area contributed by atoms with Gasteiger partial charge in [0.05, 0.1) is 0 Å². The van der Waals surface area contributed by atoms with Gasteiger partial charge in [0.25, 0.3) is 0 Å². The maximum Gasteiger partial charge on any atom is 0.126 e. The molecule has 54 valence electrons. The fourth-order valence-electron chi connectivity index (χ4n) is 2.27. The first-order valence-electron chi connectivity index (χ1n) is 3.89. The van der Waals surface area contributed by atoms with Gasteiger partial charge >= 0.3 is 0 Å². The van der Waals surface area contributed by atoms with Gasteiger partial charge in [0.15, 0.2) is 0 Å². The van der Waals surface area contributed by atoms with E-state index in [1.54, 1.807) is 0 Å². The second-order valence-corrected chi connectivity index (χ2v) is 3.81. The molecule has 1 saturated carbocycles. The summed E-state index contributed by atoms with van der Waals surface area (Å²) in [6.45, 7) is 2.08. The Kier molecular flexibility index (Phi) is 1.05. The third-order valence-electron chi connectivity index (χ3n) is 2.99.